The zero-order valence-corrected chi connectivity index (χ0v) is 18.8. The van der Waals surface area contributed by atoms with Crippen LogP contribution in [0.2, 0.25) is 0 Å². The fraction of sp³-hybridized carbons (Fsp3) is 0.440. The fourth-order valence-electron chi connectivity index (χ4n) is 3.69. The van der Waals surface area contributed by atoms with Crippen molar-refractivity contribution in [3.05, 3.63) is 71.8 Å². The first kappa shape index (κ1) is 23.8. The molecule has 1 aliphatic heterocycles. The Bertz CT molecular complexity index is 824. The van der Waals surface area contributed by atoms with E-state index in [2.05, 4.69) is 39.6 Å². The lowest BCUT2D eigenvalue weighted by molar-refractivity contribution is -0.122. The number of carbonyl (C=O) groups excluding carboxylic acids is 2. The summed E-state index contributed by atoms with van der Waals surface area (Å²) in [5.74, 6) is -0.00701. The van der Waals surface area contributed by atoms with Crippen LogP contribution in [-0.2, 0) is 16.1 Å². The van der Waals surface area contributed by atoms with Crippen molar-refractivity contribution in [2.45, 2.75) is 25.5 Å². The van der Waals surface area contributed by atoms with Gasteiger partial charge in [0.05, 0.1) is 6.04 Å². The van der Waals surface area contributed by atoms with Crippen LogP contribution in [0, 0.1) is 0 Å². The topological polar surface area (TPSA) is 73.9 Å². The molecular formula is C25H34N4O3. The van der Waals surface area contributed by atoms with Gasteiger partial charge in [0.25, 0.3) is 0 Å². The van der Waals surface area contributed by atoms with E-state index in [9.17, 15) is 9.59 Å². The molecule has 7 heteroatoms. The van der Waals surface area contributed by atoms with Crippen LogP contribution in [0.15, 0.2) is 60.7 Å². The molecule has 3 rings (SSSR count). The highest BCUT2D eigenvalue weighted by atomic mass is 16.5. The normalized spacial score (nSPS) is 15.7. The van der Waals surface area contributed by atoms with Crippen LogP contribution in [-0.4, -0.2) is 68.1 Å². The molecule has 1 heterocycles. The van der Waals surface area contributed by atoms with Gasteiger partial charge in [0.1, 0.15) is 6.61 Å². The Hall–Kier alpha value is -2.90. The van der Waals surface area contributed by atoms with Gasteiger partial charge >= 0.3 is 6.09 Å². The third-order valence-corrected chi connectivity index (χ3v) is 5.64. The number of carbonyl (C=O) groups is 2. The number of benzene rings is 2. The second-order valence-corrected chi connectivity index (χ2v) is 8.23. The Kier molecular flexibility index (Phi) is 9.53. The van der Waals surface area contributed by atoms with Crippen LogP contribution >= 0.6 is 0 Å². The minimum Gasteiger partial charge on any atom is -0.445 e. The Balaban J connectivity index is 1.39. The monoisotopic (exact) mass is 438 g/mol. The van der Waals surface area contributed by atoms with E-state index < -0.39 is 6.09 Å². The third-order valence-electron chi connectivity index (χ3n) is 5.64. The molecule has 0 bridgehead atoms. The molecule has 2 amide bonds. The fourth-order valence-corrected chi connectivity index (χ4v) is 3.69. The van der Waals surface area contributed by atoms with Crippen LogP contribution in [0.25, 0.3) is 0 Å². The summed E-state index contributed by atoms with van der Waals surface area (Å²) in [6.45, 7) is 5.53. The molecule has 2 aromatic carbocycles. The summed E-state index contributed by atoms with van der Waals surface area (Å²) < 4.78 is 5.19. The first-order valence-electron chi connectivity index (χ1n) is 11.3. The molecule has 2 aromatic rings. The number of alkyl carbamates (subject to hydrolysis) is 1. The molecule has 32 heavy (non-hydrogen) atoms. The summed E-state index contributed by atoms with van der Waals surface area (Å²) in [5.41, 5.74) is 2.05. The zero-order valence-electron chi connectivity index (χ0n) is 18.8. The maximum Gasteiger partial charge on any atom is 0.407 e. The highest BCUT2D eigenvalue weighted by molar-refractivity contribution is 5.76. The lowest BCUT2D eigenvalue weighted by Gasteiger charge is -2.35. The maximum absolute atomic E-state index is 12.6. The number of likely N-dealkylation sites (N-methyl/N-ethyl adjacent to an activating group) is 1. The maximum atomic E-state index is 12.6. The molecule has 1 atom stereocenters. The van der Waals surface area contributed by atoms with E-state index in [1.807, 2.05) is 48.5 Å². The van der Waals surface area contributed by atoms with Gasteiger partial charge < -0.3 is 20.3 Å². The van der Waals surface area contributed by atoms with Crippen LogP contribution < -0.4 is 10.6 Å². The minimum absolute atomic E-state index is 0.00701. The van der Waals surface area contributed by atoms with Gasteiger partial charge in [0.2, 0.25) is 5.91 Å². The molecule has 1 aliphatic rings. The molecule has 1 saturated heterocycles. The van der Waals surface area contributed by atoms with Crippen molar-refractivity contribution in [3.63, 3.8) is 0 Å². The first-order valence-corrected chi connectivity index (χ1v) is 11.3. The van der Waals surface area contributed by atoms with E-state index in [-0.39, 0.29) is 18.6 Å². The second-order valence-electron chi connectivity index (χ2n) is 8.23. The van der Waals surface area contributed by atoms with Gasteiger partial charge in [0.15, 0.2) is 0 Å². The number of ether oxygens (including phenoxy) is 1. The van der Waals surface area contributed by atoms with Crippen molar-refractivity contribution in [1.82, 2.24) is 20.4 Å². The Morgan fingerprint density at radius 2 is 1.62 bits per heavy atom. The molecule has 2 N–H and O–H groups in total. The third kappa shape index (κ3) is 8.32. The highest BCUT2D eigenvalue weighted by Crippen LogP contribution is 2.16. The molecule has 0 saturated carbocycles. The van der Waals surface area contributed by atoms with Gasteiger partial charge in [-0.05, 0) is 24.6 Å². The van der Waals surface area contributed by atoms with Crippen LogP contribution in [0.1, 0.15) is 30.0 Å². The average molecular weight is 439 g/mol. The van der Waals surface area contributed by atoms with Crippen LogP contribution in [0.3, 0.4) is 0 Å². The molecule has 0 aliphatic carbocycles. The van der Waals surface area contributed by atoms with Crippen LogP contribution in [0.5, 0.6) is 0 Å². The summed E-state index contributed by atoms with van der Waals surface area (Å²) in [6.07, 6.45) is 0.444. The van der Waals surface area contributed by atoms with E-state index in [1.54, 1.807) is 0 Å². The van der Waals surface area contributed by atoms with E-state index in [1.165, 1.54) is 0 Å². The molecule has 1 fully saturated rings. The lowest BCUT2D eigenvalue weighted by Crippen LogP contribution is -2.47. The van der Waals surface area contributed by atoms with Gasteiger partial charge in [-0.2, -0.15) is 0 Å². The minimum atomic E-state index is -0.466. The second kappa shape index (κ2) is 12.8. The summed E-state index contributed by atoms with van der Waals surface area (Å²) in [4.78, 5) is 29.1. The van der Waals surface area contributed by atoms with Crippen molar-refractivity contribution in [3.8, 4) is 0 Å². The number of nitrogens with zero attached hydrogens (tertiary/aromatic N) is 2. The molecule has 0 aromatic heterocycles. The highest BCUT2D eigenvalue weighted by Gasteiger charge is 2.21. The van der Waals surface area contributed by atoms with Crippen LogP contribution in [0.4, 0.5) is 4.79 Å². The van der Waals surface area contributed by atoms with Gasteiger partial charge in [-0.3, -0.25) is 9.69 Å². The van der Waals surface area contributed by atoms with Crippen molar-refractivity contribution in [1.29, 1.82) is 0 Å². The number of nitrogens with one attached hydrogen (secondary N) is 2. The van der Waals surface area contributed by atoms with Crippen molar-refractivity contribution in [2.24, 2.45) is 0 Å². The SMILES string of the molecule is CN1CCN(CC(NC(=O)CCCNC(=O)OCc2ccccc2)c2ccccc2)CC1. The predicted molar refractivity (Wildman–Crippen MR) is 125 cm³/mol. The van der Waals surface area contributed by atoms with Gasteiger partial charge in [-0.25, -0.2) is 4.79 Å². The van der Waals surface area contributed by atoms with E-state index in [4.69, 9.17) is 4.74 Å². The average Bonchev–Trinajstić information content (AvgIpc) is 2.83. The first-order chi connectivity index (χ1) is 15.6. The molecule has 0 radical (unpaired) electrons. The Labute approximate surface area is 190 Å². The smallest absolute Gasteiger partial charge is 0.407 e. The largest absolute Gasteiger partial charge is 0.445 e. The summed E-state index contributed by atoms with van der Waals surface area (Å²) >= 11 is 0. The van der Waals surface area contributed by atoms with Crippen molar-refractivity contribution < 1.29 is 14.3 Å². The summed E-state index contributed by atoms with van der Waals surface area (Å²) in [6, 6.07) is 19.6. The molecule has 172 valence electrons. The van der Waals surface area contributed by atoms with Gasteiger partial charge in [-0.1, -0.05) is 60.7 Å². The zero-order chi connectivity index (χ0) is 22.6. The summed E-state index contributed by atoms with van der Waals surface area (Å²) in [5, 5.41) is 5.90. The Morgan fingerprint density at radius 1 is 0.969 bits per heavy atom. The number of amides is 2. The van der Waals surface area contributed by atoms with Crippen molar-refractivity contribution in [2.75, 3.05) is 46.3 Å². The van der Waals surface area contributed by atoms with E-state index >= 15 is 0 Å². The molecule has 0 spiro atoms. The molecule has 1 unspecified atom stereocenters. The lowest BCUT2D eigenvalue weighted by atomic mass is 10.1. The molecule has 7 nitrogen and oxygen atoms in total. The van der Waals surface area contributed by atoms with Gasteiger partial charge in [-0.15, -0.1) is 0 Å². The number of piperazine rings is 1. The quantitative estimate of drug-likeness (QED) is 0.558. The summed E-state index contributed by atoms with van der Waals surface area (Å²) in [7, 11) is 2.14. The predicted octanol–water partition coefficient (Wildman–Crippen LogP) is 2.80. The van der Waals surface area contributed by atoms with E-state index in [0.29, 0.717) is 19.4 Å². The number of rotatable bonds is 10. The Morgan fingerprint density at radius 3 is 2.31 bits per heavy atom. The van der Waals surface area contributed by atoms with Crippen molar-refractivity contribution >= 4 is 12.0 Å². The number of hydrogen-bond donors (Lipinski definition) is 2. The number of hydrogen-bond acceptors (Lipinski definition) is 5. The molecular weight excluding hydrogens is 404 g/mol. The standard InChI is InChI=1S/C25H34N4O3/c1-28-15-17-29(18-16-28)19-23(22-11-6-3-7-12-22)27-24(30)13-8-14-26-25(31)32-20-21-9-4-2-5-10-21/h2-7,9-12,23H,8,13-20H2,1H3,(H,26,31)(H,27,30). The van der Waals surface area contributed by atoms with E-state index in [0.717, 1.165) is 43.9 Å². The van der Waals surface area contributed by atoms with Gasteiger partial charge in [0, 0.05) is 45.7 Å².